The topological polar surface area (TPSA) is 143 Å². The molecule has 5 rings (SSSR count). The maximum atomic E-state index is 14.9. The minimum atomic E-state index is -0.580. The number of anilines is 1. The number of pyridine rings is 1. The highest BCUT2D eigenvalue weighted by Gasteiger charge is 2.35. The molecule has 11 heteroatoms. The highest BCUT2D eigenvalue weighted by molar-refractivity contribution is 6.14. The van der Waals surface area contributed by atoms with Crippen LogP contribution in [0, 0.1) is 24.1 Å². The number of carbonyl (C=O) groups excluding carboxylic acids is 2. The summed E-state index contributed by atoms with van der Waals surface area (Å²) in [4.78, 5) is 38.0. The zero-order valence-electron chi connectivity index (χ0n) is 24.4. The van der Waals surface area contributed by atoms with Gasteiger partial charge in [-0.15, -0.1) is 0 Å². The summed E-state index contributed by atoms with van der Waals surface area (Å²) in [5, 5.41) is 11.7. The van der Waals surface area contributed by atoms with Gasteiger partial charge in [-0.25, -0.2) is 9.87 Å². The standard InChI is InChI=1S/C32H37FN6O4/c1-19-14-21(12-13-36-19)30(35)24-15-22(8-10-27(24)34)31(40)37-23-9-11-28(32(41)38-43-18-20-6-7-20)39(16-23)17-25-26(33)4-3-5-29(25)42-2/h3-5,8,10,12-15,20,23,28,35H,6-7,9,11,16-18,34H2,1-2H3,(H,37,40)(H,38,41)/t23-,28+/m1/s1. The van der Waals surface area contributed by atoms with Crippen molar-refractivity contribution in [2.24, 2.45) is 5.92 Å². The van der Waals surface area contributed by atoms with Crippen molar-refractivity contribution in [1.29, 1.82) is 5.41 Å². The number of nitrogens with one attached hydrogen (secondary N) is 3. The minimum Gasteiger partial charge on any atom is -0.496 e. The summed E-state index contributed by atoms with van der Waals surface area (Å²) >= 11 is 0. The van der Waals surface area contributed by atoms with Crippen LogP contribution in [0.2, 0.25) is 0 Å². The number of likely N-dealkylation sites (tertiary alicyclic amines) is 1. The molecule has 2 atom stereocenters. The fourth-order valence-electron chi connectivity index (χ4n) is 5.34. The number of hydroxylamine groups is 1. The summed E-state index contributed by atoms with van der Waals surface area (Å²) in [6, 6.07) is 12.1. The van der Waals surface area contributed by atoms with Gasteiger partial charge in [0.15, 0.2) is 0 Å². The predicted octanol–water partition coefficient (Wildman–Crippen LogP) is 3.76. The molecule has 0 spiro atoms. The second-order valence-electron chi connectivity index (χ2n) is 11.2. The Morgan fingerprint density at radius 1 is 1.12 bits per heavy atom. The number of ether oxygens (including phenoxy) is 1. The average molecular weight is 589 g/mol. The number of nitrogens with zero attached hydrogens (tertiary/aromatic N) is 2. The number of aryl methyl sites for hydroxylation is 1. The van der Waals surface area contributed by atoms with Crippen LogP contribution >= 0.6 is 0 Å². The smallest absolute Gasteiger partial charge is 0.260 e. The van der Waals surface area contributed by atoms with Crippen LogP contribution in [0.3, 0.4) is 0 Å². The fraction of sp³-hybridized carbons (Fsp3) is 0.375. The van der Waals surface area contributed by atoms with Crippen LogP contribution < -0.4 is 21.3 Å². The molecule has 1 saturated heterocycles. The number of nitrogens with two attached hydrogens (primary N) is 1. The largest absolute Gasteiger partial charge is 0.496 e. The van der Waals surface area contributed by atoms with Gasteiger partial charge in [-0.05, 0) is 81.0 Å². The first kappa shape index (κ1) is 30.1. The zero-order valence-corrected chi connectivity index (χ0v) is 24.4. The molecule has 2 amide bonds. The molecule has 1 aliphatic carbocycles. The van der Waals surface area contributed by atoms with Crippen LogP contribution in [0.4, 0.5) is 10.1 Å². The molecule has 10 nitrogen and oxygen atoms in total. The number of aromatic nitrogens is 1. The molecule has 2 fully saturated rings. The third kappa shape index (κ3) is 7.36. The van der Waals surface area contributed by atoms with Crippen molar-refractivity contribution in [2.75, 3.05) is 26.0 Å². The molecule has 1 aromatic heterocycles. The number of methoxy groups -OCH3 is 1. The lowest BCUT2D eigenvalue weighted by molar-refractivity contribution is -0.141. The molecule has 5 N–H and O–H groups in total. The first-order valence-corrected chi connectivity index (χ1v) is 14.4. The lowest BCUT2D eigenvalue weighted by atomic mass is 9.95. The van der Waals surface area contributed by atoms with Crippen LogP contribution in [0.15, 0.2) is 54.7 Å². The zero-order chi connectivity index (χ0) is 30.5. The molecule has 2 aromatic carbocycles. The third-order valence-electron chi connectivity index (χ3n) is 7.94. The Balaban J connectivity index is 1.31. The second-order valence-corrected chi connectivity index (χ2v) is 11.2. The number of benzene rings is 2. The second kappa shape index (κ2) is 13.3. The number of nitrogen functional groups attached to an aromatic ring is 1. The van der Waals surface area contributed by atoms with Gasteiger partial charge in [-0.1, -0.05) is 6.07 Å². The normalized spacial score (nSPS) is 18.6. The van der Waals surface area contributed by atoms with Crippen LogP contribution in [0.1, 0.15) is 58.4 Å². The van der Waals surface area contributed by atoms with E-state index in [0.29, 0.717) is 65.6 Å². The van der Waals surface area contributed by atoms with Crippen molar-refractivity contribution in [1.82, 2.24) is 20.7 Å². The van der Waals surface area contributed by atoms with Crippen molar-refractivity contribution >= 4 is 23.2 Å². The average Bonchev–Trinajstić information content (AvgIpc) is 3.82. The van der Waals surface area contributed by atoms with Crippen molar-refractivity contribution in [3.63, 3.8) is 0 Å². The number of rotatable bonds is 11. The molecule has 0 unspecified atom stereocenters. The molecule has 0 radical (unpaired) electrons. The van der Waals surface area contributed by atoms with E-state index >= 15 is 0 Å². The lowest BCUT2D eigenvalue weighted by Crippen LogP contribution is -2.56. The maximum Gasteiger partial charge on any atom is 0.260 e. The monoisotopic (exact) mass is 588 g/mol. The lowest BCUT2D eigenvalue weighted by Gasteiger charge is -2.39. The first-order valence-electron chi connectivity index (χ1n) is 14.4. The molecule has 2 aliphatic rings. The number of amides is 2. The molecule has 0 bridgehead atoms. The van der Waals surface area contributed by atoms with E-state index in [2.05, 4.69) is 15.8 Å². The summed E-state index contributed by atoms with van der Waals surface area (Å²) in [6.07, 6.45) is 4.79. The van der Waals surface area contributed by atoms with Gasteiger partial charge in [0.05, 0.1) is 25.5 Å². The molecule has 2 heterocycles. The molecule has 1 saturated carbocycles. The van der Waals surface area contributed by atoms with Crippen molar-refractivity contribution in [3.8, 4) is 5.75 Å². The highest BCUT2D eigenvalue weighted by Crippen LogP contribution is 2.29. The van der Waals surface area contributed by atoms with Gasteiger partial charge in [0.2, 0.25) is 0 Å². The maximum absolute atomic E-state index is 14.9. The van der Waals surface area contributed by atoms with E-state index in [0.717, 1.165) is 18.5 Å². The van der Waals surface area contributed by atoms with Crippen molar-refractivity contribution in [2.45, 2.75) is 51.2 Å². The number of hydrogen-bond acceptors (Lipinski definition) is 8. The summed E-state index contributed by atoms with van der Waals surface area (Å²) in [6.45, 7) is 2.73. The molecular weight excluding hydrogens is 551 g/mol. The van der Waals surface area contributed by atoms with E-state index in [1.807, 2.05) is 11.8 Å². The summed E-state index contributed by atoms with van der Waals surface area (Å²) in [5.74, 6) is -0.193. The van der Waals surface area contributed by atoms with Crippen LogP contribution in [0.25, 0.3) is 0 Å². The Labute approximate surface area is 250 Å². The Morgan fingerprint density at radius 3 is 2.67 bits per heavy atom. The molecular formula is C32H37FN6O4. The Hall–Kier alpha value is -4.35. The Morgan fingerprint density at radius 2 is 1.93 bits per heavy atom. The predicted molar refractivity (Wildman–Crippen MR) is 160 cm³/mol. The van der Waals surface area contributed by atoms with Crippen molar-refractivity contribution in [3.05, 3.63) is 88.5 Å². The molecule has 226 valence electrons. The Kier molecular flexibility index (Phi) is 9.32. The van der Waals surface area contributed by atoms with Gasteiger partial charge in [-0.3, -0.25) is 29.7 Å². The van der Waals surface area contributed by atoms with Crippen LogP contribution in [-0.2, 0) is 16.2 Å². The molecule has 3 aromatic rings. The van der Waals surface area contributed by atoms with E-state index in [4.69, 9.17) is 20.7 Å². The quantitative estimate of drug-likeness (QED) is 0.152. The molecule has 43 heavy (non-hydrogen) atoms. The Bertz CT molecular complexity index is 1510. The first-order chi connectivity index (χ1) is 20.7. The summed E-state index contributed by atoms with van der Waals surface area (Å²) in [5.41, 5.74) is 11.9. The van der Waals surface area contributed by atoms with Crippen molar-refractivity contribution < 1.29 is 23.6 Å². The summed E-state index contributed by atoms with van der Waals surface area (Å²) < 4.78 is 20.3. The van der Waals surface area contributed by atoms with Crippen LogP contribution in [-0.4, -0.2) is 59.8 Å². The van der Waals surface area contributed by atoms with Gasteiger partial charge < -0.3 is 15.8 Å². The van der Waals surface area contributed by atoms with E-state index in [-0.39, 0.29) is 30.1 Å². The minimum absolute atomic E-state index is 0.109. The number of carbonyl (C=O) groups is 2. The van der Waals surface area contributed by atoms with E-state index in [1.165, 1.54) is 13.2 Å². The van der Waals surface area contributed by atoms with E-state index < -0.39 is 11.9 Å². The number of halogens is 1. The SMILES string of the molecule is COc1cccc(F)c1CN1C[C@H](NC(=O)c2ccc(N)c(C(=N)c3ccnc(C)c3)c2)CC[C@H]1C(=O)NOCC1CC1. The van der Waals surface area contributed by atoms with E-state index in [9.17, 15) is 14.0 Å². The van der Waals surface area contributed by atoms with Crippen LogP contribution in [0.5, 0.6) is 5.75 Å². The summed E-state index contributed by atoms with van der Waals surface area (Å²) in [7, 11) is 1.48. The number of hydrogen-bond donors (Lipinski definition) is 4. The van der Waals surface area contributed by atoms with Gasteiger partial charge in [-0.2, -0.15) is 0 Å². The van der Waals surface area contributed by atoms with E-state index in [1.54, 1.807) is 48.7 Å². The van der Waals surface area contributed by atoms with Gasteiger partial charge in [0.25, 0.3) is 11.8 Å². The van der Waals surface area contributed by atoms with Gasteiger partial charge >= 0.3 is 0 Å². The third-order valence-corrected chi connectivity index (χ3v) is 7.94. The highest BCUT2D eigenvalue weighted by atomic mass is 19.1. The molecule has 1 aliphatic heterocycles. The fourth-order valence-corrected chi connectivity index (χ4v) is 5.34. The number of piperidine rings is 1. The van der Waals surface area contributed by atoms with Gasteiger partial charge in [0, 0.05) is 59.0 Å². The van der Waals surface area contributed by atoms with Gasteiger partial charge in [0.1, 0.15) is 11.6 Å².